The summed E-state index contributed by atoms with van der Waals surface area (Å²) < 4.78 is 0. The van der Waals surface area contributed by atoms with E-state index in [1.54, 1.807) is 6.20 Å². The van der Waals surface area contributed by atoms with E-state index >= 15 is 0 Å². The van der Waals surface area contributed by atoms with E-state index in [2.05, 4.69) is 47.3 Å². The standard InChI is InChI=1S/C21H21N3O/c1-14-9-10-18(11-15(14)2)20(17-7-5-4-6-8-17)24-21(25)19-13-22-16(3)12-23-19/h4-13,20H,1-3H3,(H,24,25). The highest BCUT2D eigenvalue weighted by Crippen LogP contribution is 2.24. The SMILES string of the molecule is Cc1cnc(C(=O)NC(c2ccccc2)c2ccc(C)c(C)c2)cn1. The predicted molar refractivity (Wildman–Crippen MR) is 98.4 cm³/mol. The van der Waals surface area contributed by atoms with Gasteiger partial charge in [0, 0.05) is 6.20 Å². The summed E-state index contributed by atoms with van der Waals surface area (Å²) in [6.07, 6.45) is 3.11. The summed E-state index contributed by atoms with van der Waals surface area (Å²) in [5.74, 6) is -0.236. The van der Waals surface area contributed by atoms with Gasteiger partial charge in [-0.15, -0.1) is 0 Å². The number of amides is 1. The number of aryl methyl sites for hydroxylation is 3. The van der Waals surface area contributed by atoms with E-state index in [1.165, 1.54) is 17.3 Å². The van der Waals surface area contributed by atoms with Crippen molar-refractivity contribution in [1.29, 1.82) is 0 Å². The molecule has 1 N–H and O–H groups in total. The fourth-order valence-electron chi connectivity index (χ4n) is 2.66. The maximum Gasteiger partial charge on any atom is 0.272 e. The van der Waals surface area contributed by atoms with E-state index in [4.69, 9.17) is 0 Å². The summed E-state index contributed by atoms with van der Waals surface area (Å²) in [6.45, 7) is 6.00. The normalized spacial score (nSPS) is 11.8. The Morgan fingerprint density at radius 2 is 1.64 bits per heavy atom. The molecule has 0 aliphatic carbocycles. The fraction of sp³-hybridized carbons (Fsp3) is 0.190. The summed E-state index contributed by atoms with van der Waals surface area (Å²) in [5.41, 5.74) is 5.59. The second-order valence-corrected chi connectivity index (χ2v) is 6.20. The lowest BCUT2D eigenvalue weighted by Crippen LogP contribution is -2.30. The number of aromatic nitrogens is 2. The Kier molecular flexibility index (Phi) is 4.89. The molecule has 0 saturated carbocycles. The minimum absolute atomic E-state index is 0.236. The van der Waals surface area contributed by atoms with Gasteiger partial charge in [-0.2, -0.15) is 0 Å². The zero-order valence-corrected chi connectivity index (χ0v) is 14.7. The van der Waals surface area contributed by atoms with Gasteiger partial charge in [-0.25, -0.2) is 4.98 Å². The highest BCUT2D eigenvalue weighted by molar-refractivity contribution is 5.92. The number of benzene rings is 2. The number of hydrogen-bond acceptors (Lipinski definition) is 3. The second-order valence-electron chi connectivity index (χ2n) is 6.20. The first-order valence-electron chi connectivity index (χ1n) is 8.26. The number of carbonyl (C=O) groups excluding carboxylic acids is 1. The van der Waals surface area contributed by atoms with Gasteiger partial charge < -0.3 is 5.32 Å². The quantitative estimate of drug-likeness (QED) is 0.788. The highest BCUT2D eigenvalue weighted by Gasteiger charge is 2.19. The van der Waals surface area contributed by atoms with Gasteiger partial charge in [-0.05, 0) is 43.0 Å². The first kappa shape index (κ1) is 16.8. The molecule has 0 fully saturated rings. The highest BCUT2D eigenvalue weighted by atomic mass is 16.1. The Labute approximate surface area is 148 Å². The van der Waals surface area contributed by atoms with Crippen molar-refractivity contribution in [1.82, 2.24) is 15.3 Å². The average molecular weight is 331 g/mol. The van der Waals surface area contributed by atoms with Crippen LogP contribution in [0, 0.1) is 20.8 Å². The molecule has 0 spiro atoms. The summed E-state index contributed by atoms with van der Waals surface area (Å²) in [5, 5.41) is 3.09. The van der Waals surface area contributed by atoms with Crippen molar-refractivity contribution >= 4 is 5.91 Å². The molecule has 1 heterocycles. The van der Waals surface area contributed by atoms with Crippen LogP contribution in [0.5, 0.6) is 0 Å². The zero-order chi connectivity index (χ0) is 17.8. The monoisotopic (exact) mass is 331 g/mol. The van der Waals surface area contributed by atoms with Crippen LogP contribution in [0.15, 0.2) is 60.9 Å². The molecule has 3 aromatic rings. The van der Waals surface area contributed by atoms with Crippen LogP contribution in [-0.2, 0) is 0 Å². The molecular formula is C21H21N3O. The van der Waals surface area contributed by atoms with E-state index in [0.717, 1.165) is 16.8 Å². The number of carbonyl (C=O) groups is 1. The van der Waals surface area contributed by atoms with Crippen LogP contribution < -0.4 is 5.32 Å². The lowest BCUT2D eigenvalue weighted by molar-refractivity contribution is 0.0937. The molecule has 0 saturated heterocycles. The van der Waals surface area contributed by atoms with Crippen molar-refractivity contribution in [3.63, 3.8) is 0 Å². The van der Waals surface area contributed by atoms with Crippen LogP contribution in [0.2, 0.25) is 0 Å². The van der Waals surface area contributed by atoms with Gasteiger partial charge in [-0.1, -0.05) is 48.5 Å². The van der Waals surface area contributed by atoms with Gasteiger partial charge in [0.2, 0.25) is 0 Å². The summed E-state index contributed by atoms with van der Waals surface area (Å²) in [6, 6.07) is 16.0. The Morgan fingerprint density at radius 1 is 0.880 bits per heavy atom. The zero-order valence-electron chi connectivity index (χ0n) is 14.7. The van der Waals surface area contributed by atoms with E-state index in [1.807, 2.05) is 37.3 Å². The molecule has 0 radical (unpaired) electrons. The van der Waals surface area contributed by atoms with Crippen molar-refractivity contribution < 1.29 is 4.79 Å². The first-order valence-corrected chi connectivity index (χ1v) is 8.26. The van der Waals surface area contributed by atoms with E-state index < -0.39 is 0 Å². The Balaban J connectivity index is 1.95. The Morgan fingerprint density at radius 3 is 2.28 bits per heavy atom. The minimum atomic E-state index is -0.240. The third-order valence-corrected chi connectivity index (χ3v) is 4.29. The molecule has 126 valence electrons. The molecule has 1 atom stereocenters. The van der Waals surface area contributed by atoms with Crippen LogP contribution >= 0.6 is 0 Å². The van der Waals surface area contributed by atoms with Crippen molar-refractivity contribution in [3.05, 3.63) is 94.6 Å². The van der Waals surface area contributed by atoms with Crippen LogP contribution in [0.1, 0.15) is 44.5 Å². The molecule has 2 aromatic carbocycles. The largest absolute Gasteiger partial charge is 0.340 e. The van der Waals surface area contributed by atoms with E-state index in [-0.39, 0.29) is 11.9 Å². The Bertz CT molecular complexity index is 873. The molecule has 3 rings (SSSR count). The molecular weight excluding hydrogens is 310 g/mol. The molecule has 1 amide bonds. The van der Waals surface area contributed by atoms with Gasteiger partial charge in [0.1, 0.15) is 5.69 Å². The molecule has 1 unspecified atom stereocenters. The smallest absolute Gasteiger partial charge is 0.272 e. The number of nitrogens with one attached hydrogen (secondary N) is 1. The third kappa shape index (κ3) is 3.91. The molecule has 4 heteroatoms. The summed E-state index contributed by atoms with van der Waals surface area (Å²) >= 11 is 0. The van der Waals surface area contributed by atoms with E-state index in [9.17, 15) is 4.79 Å². The number of nitrogens with zero attached hydrogens (tertiary/aromatic N) is 2. The van der Waals surface area contributed by atoms with Crippen molar-refractivity contribution in [2.24, 2.45) is 0 Å². The van der Waals surface area contributed by atoms with Crippen LogP contribution in [0.3, 0.4) is 0 Å². The maximum absolute atomic E-state index is 12.7. The lowest BCUT2D eigenvalue weighted by Gasteiger charge is -2.20. The van der Waals surface area contributed by atoms with Crippen LogP contribution in [-0.4, -0.2) is 15.9 Å². The fourth-order valence-corrected chi connectivity index (χ4v) is 2.66. The molecule has 0 bridgehead atoms. The molecule has 25 heavy (non-hydrogen) atoms. The first-order chi connectivity index (χ1) is 12.0. The third-order valence-electron chi connectivity index (χ3n) is 4.29. The second kappa shape index (κ2) is 7.26. The molecule has 1 aromatic heterocycles. The average Bonchev–Trinajstić information content (AvgIpc) is 2.63. The van der Waals surface area contributed by atoms with Gasteiger partial charge in [0.15, 0.2) is 0 Å². The topological polar surface area (TPSA) is 54.9 Å². The summed E-state index contributed by atoms with van der Waals surface area (Å²) in [7, 11) is 0. The van der Waals surface area contributed by atoms with Crippen molar-refractivity contribution in [2.75, 3.05) is 0 Å². The summed E-state index contributed by atoms with van der Waals surface area (Å²) in [4.78, 5) is 21.0. The van der Waals surface area contributed by atoms with Crippen molar-refractivity contribution in [3.8, 4) is 0 Å². The Hall–Kier alpha value is -3.01. The van der Waals surface area contributed by atoms with Gasteiger partial charge in [0.25, 0.3) is 5.91 Å². The predicted octanol–water partition coefficient (Wildman–Crippen LogP) is 3.92. The van der Waals surface area contributed by atoms with Crippen molar-refractivity contribution in [2.45, 2.75) is 26.8 Å². The van der Waals surface area contributed by atoms with Gasteiger partial charge in [0.05, 0.1) is 17.9 Å². The van der Waals surface area contributed by atoms with Gasteiger partial charge in [-0.3, -0.25) is 9.78 Å². The van der Waals surface area contributed by atoms with Gasteiger partial charge >= 0.3 is 0 Å². The number of rotatable bonds is 4. The van der Waals surface area contributed by atoms with Crippen LogP contribution in [0.25, 0.3) is 0 Å². The molecule has 0 aliphatic rings. The maximum atomic E-state index is 12.7. The number of hydrogen-bond donors (Lipinski definition) is 1. The lowest BCUT2D eigenvalue weighted by atomic mass is 9.95. The van der Waals surface area contributed by atoms with E-state index in [0.29, 0.717) is 5.69 Å². The molecule has 4 nitrogen and oxygen atoms in total. The molecule has 0 aliphatic heterocycles. The van der Waals surface area contributed by atoms with Crippen LogP contribution in [0.4, 0.5) is 0 Å². The minimum Gasteiger partial charge on any atom is -0.340 e.